The van der Waals surface area contributed by atoms with Gasteiger partial charge in [0.2, 0.25) is 0 Å². The third kappa shape index (κ3) is 3.72. The molecule has 1 aromatic carbocycles. The molecule has 4 nitrogen and oxygen atoms in total. The Morgan fingerprint density at radius 3 is 3.04 bits per heavy atom. The number of piperidine rings is 1. The van der Waals surface area contributed by atoms with Crippen molar-refractivity contribution in [2.45, 2.75) is 50.7 Å². The summed E-state index contributed by atoms with van der Waals surface area (Å²) in [6, 6.07) is 4.36. The molecule has 25 heavy (non-hydrogen) atoms. The summed E-state index contributed by atoms with van der Waals surface area (Å²) in [5.41, 5.74) is 0.997. The molecule has 2 heterocycles. The molecule has 1 amide bonds. The van der Waals surface area contributed by atoms with Gasteiger partial charge in [-0.15, -0.1) is 0 Å². The number of likely N-dealkylation sites (tertiary alicyclic amines) is 1. The predicted octanol–water partition coefficient (Wildman–Crippen LogP) is 3.32. The number of ether oxygens (including phenoxy) is 2. The van der Waals surface area contributed by atoms with Crippen molar-refractivity contribution in [3.63, 3.8) is 0 Å². The lowest BCUT2D eigenvalue weighted by molar-refractivity contribution is -0.0465. The van der Waals surface area contributed by atoms with Gasteiger partial charge >= 0.3 is 0 Å². The van der Waals surface area contributed by atoms with Crippen molar-refractivity contribution in [3.8, 4) is 0 Å². The molecule has 0 radical (unpaired) electrons. The Morgan fingerprint density at radius 1 is 1.44 bits per heavy atom. The van der Waals surface area contributed by atoms with Gasteiger partial charge < -0.3 is 14.4 Å². The molecule has 0 unspecified atom stereocenters. The Balaban J connectivity index is 1.41. The number of carbonyl (C=O) groups excluding carboxylic acids is 1. The zero-order chi connectivity index (χ0) is 17.4. The van der Waals surface area contributed by atoms with E-state index >= 15 is 0 Å². The summed E-state index contributed by atoms with van der Waals surface area (Å²) < 4.78 is 25.4. The second-order valence-corrected chi connectivity index (χ2v) is 7.89. The van der Waals surface area contributed by atoms with E-state index in [1.165, 1.54) is 25.0 Å². The van der Waals surface area contributed by atoms with Gasteiger partial charge in [0.25, 0.3) is 5.91 Å². The normalized spacial score (nSPS) is 29.4. The molecule has 4 rings (SSSR count). The van der Waals surface area contributed by atoms with Crippen molar-refractivity contribution in [2.75, 3.05) is 26.3 Å². The number of amides is 1. The maximum Gasteiger partial charge on any atom is 0.254 e. The van der Waals surface area contributed by atoms with Crippen LogP contribution >= 0.6 is 0 Å². The van der Waals surface area contributed by atoms with Crippen molar-refractivity contribution in [1.82, 2.24) is 4.90 Å². The van der Waals surface area contributed by atoms with Crippen molar-refractivity contribution in [3.05, 3.63) is 35.1 Å². The van der Waals surface area contributed by atoms with Crippen LogP contribution in [-0.4, -0.2) is 48.8 Å². The number of halogens is 1. The number of nitrogens with zero attached hydrogens (tertiary/aromatic N) is 1. The molecule has 1 saturated carbocycles. The fourth-order valence-electron chi connectivity index (χ4n) is 4.06. The first-order valence-electron chi connectivity index (χ1n) is 9.36. The minimum absolute atomic E-state index is 0.0254. The first kappa shape index (κ1) is 17.0. The maximum atomic E-state index is 13.3. The van der Waals surface area contributed by atoms with Gasteiger partial charge in [0.15, 0.2) is 0 Å². The molecule has 1 aromatic rings. The molecule has 1 spiro atoms. The van der Waals surface area contributed by atoms with Crippen LogP contribution in [0, 0.1) is 18.7 Å². The molecule has 2 aliphatic heterocycles. The van der Waals surface area contributed by atoms with Gasteiger partial charge in [-0.2, -0.15) is 0 Å². The van der Waals surface area contributed by atoms with E-state index in [4.69, 9.17) is 9.47 Å². The highest BCUT2D eigenvalue weighted by Gasteiger charge is 2.45. The van der Waals surface area contributed by atoms with E-state index in [0.717, 1.165) is 38.3 Å². The molecule has 3 fully saturated rings. The lowest BCUT2D eigenvalue weighted by Crippen LogP contribution is -2.50. The standard InChI is InChI=1S/C20H26FNO3/c1-14-9-16(21)5-6-18(14)19(23)22-8-2-7-20(13-22)10-17(12-25-20)24-11-15-3-4-15/h5-6,9,15,17H,2-4,7-8,10-13H2,1H3/t17-,20-/m0/s1. The van der Waals surface area contributed by atoms with Crippen LogP contribution < -0.4 is 0 Å². The van der Waals surface area contributed by atoms with Crippen LogP contribution in [0.3, 0.4) is 0 Å². The zero-order valence-corrected chi connectivity index (χ0v) is 14.8. The van der Waals surface area contributed by atoms with Crippen molar-refractivity contribution in [1.29, 1.82) is 0 Å². The van der Waals surface area contributed by atoms with Crippen LogP contribution in [-0.2, 0) is 9.47 Å². The Hall–Kier alpha value is -1.46. The van der Waals surface area contributed by atoms with Crippen molar-refractivity contribution >= 4 is 5.91 Å². The van der Waals surface area contributed by atoms with Crippen LogP contribution in [0.5, 0.6) is 0 Å². The van der Waals surface area contributed by atoms with E-state index in [9.17, 15) is 9.18 Å². The number of benzene rings is 1. The summed E-state index contributed by atoms with van der Waals surface area (Å²) in [6.07, 6.45) is 5.51. The highest BCUT2D eigenvalue weighted by molar-refractivity contribution is 5.95. The van der Waals surface area contributed by atoms with Gasteiger partial charge in [-0.25, -0.2) is 4.39 Å². The molecule has 1 aliphatic carbocycles. The molecular formula is C20H26FNO3. The summed E-state index contributed by atoms with van der Waals surface area (Å²) in [5.74, 6) is 0.420. The smallest absolute Gasteiger partial charge is 0.254 e. The maximum absolute atomic E-state index is 13.3. The molecule has 136 valence electrons. The van der Waals surface area contributed by atoms with Gasteiger partial charge in [-0.3, -0.25) is 4.79 Å². The highest BCUT2D eigenvalue weighted by Crippen LogP contribution is 2.37. The van der Waals surface area contributed by atoms with Crippen molar-refractivity contribution in [2.24, 2.45) is 5.92 Å². The van der Waals surface area contributed by atoms with Gasteiger partial charge in [-0.05, 0) is 62.3 Å². The summed E-state index contributed by atoms with van der Waals surface area (Å²) in [4.78, 5) is 14.8. The lowest BCUT2D eigenvalue weighted by Gasteiger charge is -2.39. The summed E-state index contributed by atoms with van der Waals surface area (Å²) in [7, 11) is 0. The Morgan fingerprint density at radius 2 is 2.28 bits per heavy atom. The second kappa shape index (κ2) is 6.69. The zero-order valence-electron chi connectivity index (χ0n) is 14.8. The van der Waals surface area contributed by atoms with Gasteiger partial charge in [0.1, 0.15) is 5.82 Å². The molecule has 5 heteroatoms. The summed E-state index contributed by atoms with van der Waals surface area (Å²) in [6.45, 7) is 4.59. The molecule has 0 N–H and O–H groups in total. The lowest BCUT2D eigenvalue weighted by atomic mass is 9.88. The van der Waals surface area contributed by atoms with Gasteiger partial charge in [0, 0.05) is 25.1 Å². The Bertz CT molecular complexity index is 660. The Labute approximate surface area is 148 Å². The van der Waals surface area contributed by atoms with E-state index < -0.39 is 0 Å². The molecule has 2 atom stereocenters. The summed E-state index contributed by atoms with van der Waals surface area (Å²) >= 11 is 0. The first-order chi connectivity index (χ1) is 12.0. The molecular weight excluding hydrogens is 321 g/mol. The van der Waals surface area contributed by atoms with Crippen LogP contribution in [0.4, 0.5) is 4.39 Å². The number of hydrogen-bond donors (Lipinski definition) is 0. The Kier molecular flexibility index (Phi) is 4.54. The fourth-order valence-corrected chi connectivity index (χ4v) is 4.06. The average molecular weight is 347 g/mol. The first-order valence-corrected chi connectivity index (χ1v) is 9.36. The van der Waals surface area contributed by atoms with Crippen LogP contribution in [0.2, 0.25) is 0 Å². The SMILES string of the molecule is Cc1cc(F)ccc1C(=O)N1CCC[C@]2(C[C@H](OCC3CC3)CO2)C1. The molecule has 2 saturated heterocycles. The third-order valence-electron chi connectivity index (χ3n) is 5.69. The average Bonchev–Trinajstić information content (AvgIpc) is 3.35. The predicted molar refractivity (Wildman–Crippen MR) is 92.0 cm³/mol. The molecule has 0 bridgehead atoms. The number of aryl methyl sites for hydroxylation is 1. The monoisotopic (exact) mass is 347 g/mol. The summed E-state index contributed by atoms with van der Waals surface area (Å²) in [5, 5.41) is 0. The molecule has 0 aromatic heterocycles. The largest absolute Gasteiger partial charge is 0.375 e. The highest BCUT2D eigenvalue weighted by atomic mass is 19.1. The third-order valence-corrected chi connectivity index (χ3v) is 5.69. The van der Waals surface area contributed by atoms with E-state index in [1.54, 1.807) is 13.0 Å². The van der Waals surface area contributed by atoms with E-state index in [1.807, 2.05) is 4.90 Å². The van der Waals surface area contributed by atoms with Gasteiger partial charge in [0.05, 0.1) is 24.9 Å². The minimum Gasteiger partial charge on any atom is -0.375 e. The van der Waals surface area contributed by atoms with Crippen LogP contribution in [0.1, 0.15) is 48.0 Å². The van der Waals surface area contributed by atoms with E-state index in [-0.39, 0.29) is 23.4 Å². The molecule has 3 aliphatic rings. The quantitative estimate of drug-likeness (QED) is 0.839. The van der Waals surface area contributed by atoms with E-state index in [0.29, 0.717) is 24.3 Å². The topological polar surface area (TPSA) is 38.8 Å². The second-order valence-electron chi connectivity index (χ2n) is 7.89. The fraction of sp³-hybridized carbons (Fsp3) is 0.650. The number of hydrogen-bond acceptors (Lipinski definition) is 3. The van der Waals surface area contributed by atoms with Crippen molar-refractivity contribution < 1.29 is 18.7 Å². The minimum atomic E-state index is -0.307. The number of carbonyl (C=O) groups is 1. The van der Waals surface area contributed by atoms with E-state index in [2.05, 4.69) is 0 Å². The van der Waals surface area contributed by atoms with Gasteiger partial charge in [-0.1, -0.05) is 0 Å². The number of rotatable bonds is 4. The van der Waals surface area contributed by atoms with Crippen LogP contribution in [0.25, 0.3) is 0 Å². The van der Waals surface area contributed by atoms with Crippen LogP contribution in [0.15, 0.2) is 18.2 Å².